The van der Waals surface area contributed by atoms with Gasteiger partial charge in [0, 0.05) is 10.9 Å². The van der Waals surface area contributed by atoms with Gasteiger partial charge in [0.1, 0.15) is 6.61 Å². The average molecular weight is 203 g/mol. The molecule has 0 saturated heterocycles. The highest BCUT2D eigenvalue weighted by molar-refractivity contribution is 7.12. The predicted molar refractivity (Wildman–Crippen MR) is 47.5 cm³/mol. The zero-order valence-corrected chi connectivity index (χ0v) is 8.09. The molecule has 13 heavy (non-hydrogen) atoms. The number of nitrogens with zero attached hydrogens (tertiary/aromatic N) is 1. The van der Waals surface area contributed by atoms with Crippen LogP contribution in [0.2, 0.25) is 0 Å². The Morgan fingerprint density at radius 3 is 2.85 bits per heavy atom. The molecular formula is C7H9NO4S. The average Bonchev–Trinajstić information content (AvgIpc) is 2.43. The van der Waals surface area contributed by atoms with Crippen molar-refractivity contribution in [2.24, 2.45) is 0 Å². The maximum absolute atomic E-state index is 10.4. The van der Waals surface area contributed by atoms with Crippen molar-refractivity contribution in [2.75, 3.05) is 7.11 Å². The maximum Gasteiger partial charge on any atom is 0.283 e. The van der Waals surface area contributed by atoms with Crippen LogP contribution in [0.1, 0.15) is 9.75 Å². The standard InChI is InChI=1S/C7H9NO4S/c1-5-7(8(9)10)3-6(13-5)4-12-11-2/h3H,4H2,1-2H3. The van der Waals surface area contributed by atoms with Gasteiger partial charge in [-0.25, -0.2) is 9.78 Å². The molecule has 0 bridgehead atoms. The third kappa shape index (κ3) is 2.48. The fourth-order valence-electron chi connectivity index (χ4n) is 0.902. The van der Waals surface area contributed by atoms with E-state index in [-0.39, 0.29) is 12.3 Å². The summed E-state index contributed by atoms with van der Waals surface area (Å²) in [5.41, 5.74) is 0.139. The van der Waals surface area contributed by atoms with E-state index in [1.165, 1.54) is 24.5 Å². The van der Waals surface area contributed by atoms with E-state index >= 15 is 0 Å². The van der Waals surface area contributed by atoms with Crippen LogP contribution in [0.4, 0.5) is 5.69 Å². The first kappa shape index (κ1) is 10.1. The topological polar surface area (TPSA) is 61.6 Å². The summed E-state index contributed by atoms with van der Waals surface area (Å²) in [5.74, 6) is 0. The minimum atomic E-state index is -0.401. The number of rotatable bonds is 4. The lowest BCUT2D eigenvalue weighted by molar-refractivity contribution is -0.385. The van der Waals surface area contributed by atoms with Crippen LogP contribution >= 0.6 is 11.3 Å². The van der Waals surface area contributed by atoms with Crippen molar-refractivity contribution in [3.05, 3.63) is 25.9 Å². The second kappa shape index (κ2) is 4.31. The van der Waals surface area contributed by atoms with Crippen LogP contribution in [0.25, 0.3) is 0 Å². The van der Waals surface area contributed by atoms with Crippen LogP contribution in [0.3, 0.4) is 0 Å². The quantitative estimate of drug-likeness (QED) is 0.427. The summed E-state index contributed by atoms with van der Waals surface area (Å²) in [6.45, 7) is 1.95. The van der Waals surface area contributed by atoms with Crippen molar-refractivity contribution in [3.8, 4) is 0 Å². The Balaban J connectivity index is 2.76. The first-order valence-corrected chi connectivity index (χ1v) is 4.36. The number of thiophene rings is 1. The van der Waals surface area contributed by atoms with Gasteiger partial charge in [-0.15, -0.1) is 11.3 Å². The predicted octanol–water partition coefficient (Wildman–Crippen LogP) is 2.04. The molecule has 0 radical (unpaired) electrons. The molecule has 0 spiro atoms. The van der Waals surface area contributed by atoms with Gasteiger partial charge in [-0.2, -0.15) is 0 Å². The summed E-state index contributed by atoms with van der Waals surface area (Å²) in [4.78, 5) is 20.6. The molecule has 0 fully saturated rings. The molecule has 0 atom stereocenters. The van der Waals surface area contributed by atoms with E-state index in [0.29, 0.717) is 4.88 Å². The van der Waals surface area contributed by atoms with Crippen molar-refractivity contribution in [2.45, 2.75) is 13.5 Å². The molecule has 0 aliphatic carbocycles. The number of aryl methyl sites for hydroxylation is 1. The normalized spacial score (nSPS) is 10.3. The summed E-state index contributed by atoms with van der Waals surface area (Å²) in [5, 5.41) is 10.4. The van der Waals surface area contributed by atoms with Crippen molar-refractivity contribution in [1.82, 2.24) is 0 Å². The molecular weight excluding hydrogens is 194 g/mol. The number of nitro groups is 1. The van der Waals surface area contributed by atoms with Crippen LogP contribution < -0.4 is 0 Å². The van der Waals surface area contributed by atoms with E-state index in [1.54, 1.807) is 6.92 Å². The molecule has 0 amide bonds. The van der Waals surface area contributed by atoms with Crippen molar-refractivity contribution in [1.29, 1.82) is 0 Å². The smallest absolute Gasteiger partial charge is 0.258 e. The Morgan fingerprint density at radius 2 is 2.38 bits per heavy atom. The molecule has 72 valence electrons. The Kier molecular flexibility index (Phi) is 3.35. The molecule has 0 aliphatic rings. The van der Waals surface area contributed by atoms with E-state index in [0.717, 1.165) is 4.88 Å². The zero-order valence-electron chi connectivity index (χ0n) is 7.27. The third-order valence-electron chi connectivity index (χ3n) is 1.46. The zero-order chi connectivity index (χ0) is 9.84. The summed E-state index contributed by atoms with van der Waals surface area (Å²) < 4.78 is 0. The molecule has 1 aromatic heterocycles. The van der Waals surface area contributed by atoms with E-state index < -0.39 is 4.92 Å². The molecule has 1 rings (SSSR count). The fourth-order valence-corrected chi connectivity index (χ4v) is 1.81. The minimum Gasteiger partial charge on any atom is -0.258 e. The van der Waals surface area contributed by atoms with Crippen LogP contribution in [0.15, 0.2) is 6.07 Å². The van der Waals surface area contributed by atoms with Gasteiger partial charge in [0.15, 0.2) is 0 Å². The summed E-state index contributed by atoms with van der Waals surface area (Å²) in [6, 6.07) is 1.50. The van der Waals surface area contributed by atoms with Gasteiger partial charge in [0.05, 0.1) is 16.9 Å². The molecule has 1 heterocycles. The lowest BCUT2D eigenvalue weighted by Crippen LogP contribution is -1.88. The van der Waals surface area contributed by atoms with Gasteiger partial charge in [0.2, 0.25) is 0 Å². The molecule has 0 N–H and O–H groups in total. The van der Waals surface area contributed by atoms with Crippen molar-refractivity contribution < 1.29 is 14.7 Å². The Bertz CT molecular complexity index is 309. The first-order chi connectivity index (χ1) is 6.15. The van der Waals surface area contributed by atoms with Crippen LogP contribution in [0.5, 0.6) is 0 Å². The van der Waals surface area contributed by atoms with Gasteiger partial charge in [0.25, 0.3) is 5.69 Å². The van der Waals surface area contributed by atoms with Gasteiger partial charge in [-0.3, -0.25) is 10.1 Å². The van der Waals surface area contributed by atoms with E-state index in [9.17, 15) is 10.1 Å². The highest BCUT2D eigenvalue weighted by Crippen LogP contribution is 2.28. The highest BCUT2D eigenvalue weighted by atomic mass is 32.1. The second-order valence-corrected chi connectivity index (χ2v) is 3.68. The molecule has 5 nitrogen and oxygen atoms in total. The third-order valence-corrected chi connectivity index (χ3v) is 2.47. The van der Waals surface area contributed by atoms with E-state index in [4.69, 9.17) is 0 Å². The Hall–Kier alpha value is -0.980. The molecule has 0 aliphatic heterocycles. The SMILES string of the molecule is COOCc1cc([N+](=O)[O-])c(C)s1. The maximum atomic E-state index is 10.4. The molecule has 0 aromatic carbocycles. The largest absolute Gasteiger partial charge is 0.283 e. The lowest BCUT2D eigenvalue weighted by atomic mass is 10.4. The van der Waals surface area contributed by atoms with Gasteiger partial charge in [-0.1, -0.05) is 0 Å². The number of hydrogen-bond acceptors (Lipinski definition) is 5. The molecule has 6 heteroatoms. The fraction of sp³-hybridized carbons (Fsp3) is 0.429. The Labute approximate surface area is 79.0 Å². The lowest BCUT2D eigenvalue weighted by Gasteiger charge is -1.93. The molecule has 0 unspecified atom stereocenters. The van der Waals surface area contributed by atoms with E-state index in [1.807, 2.05) is 0 Å². The van der Waals surface area contributed by atoms with E-state index in [2.05, 4.69) is 9.78 Å². The van der Waals surface area contributed by atoms with Crippen molar-refractivity contribution >= 4 is 17.0 Å². The second-order valence-electron chi connectivity index (χ2n) is 2.34. The monoisotopic (exact) mass is 203 g/mol. The van der Waals surface area contributed by atoms with Crippen molar-refractivity contribution in [3.63, 3.8) is 0 Å². The highest BCUT2D eigenvalue weighted by Gasteiger charge is 2.14. The van der Waals surface area contributed by atoms with Crippen LogP contribution in [-0.2, 0) is 16.4 Å². The van der Waals surface area contributed by atoms with Gasteiger partial charge >= 0.3 is 0 Å². The van der Waals surface area contributed by atoms with Crippen LogP contribution in [-0.4, -0.2) is 12.0 Å². The Morgan fingerprint density at radius 1 is 1.69 bits per heavy atom. The van der Waals surface area contributed by atoms with Gasteiger partial charge in [-0.05, 0) is 6.92 Å². The van der Waals surface area contributed by atoms with Crippen LogP contribution in [0, 0.1) is 17.0 Å². The van der Waals surface area contributed by atoms with Gasteiger partial charge < -0.3 is 0 Å². The summed E-state index contributed by atoms with van der Waals surface area (Å²) in [7, 11) is 1.40. The minimum absolute atomic E-state index is 0.139. The summed E-state index contributed by atoms with van der Waals surface area (Å²) in [6.07, 6.45) is 0. The molecule has 1 aromatic rings. The molecule has 0 saturated carbocycles. The first-order valence-electron chi connectivity index (χ1n) is 3.54. The summed E-state index contributed by atoms with van der Waals surface area (Å²) >= 11 is 1.34. The number of hydrogen-bond donors (Lipinski definition) is 0.